The van der Waals surface area contributed by atoms with Gasteiger partial charge in [-0.2, -0.15) is 5.26 Å². The number of methoxy groups -OCH3 is 2. The number of hydrogen-bond donors (Lipinski definition) is 0. The summed E-state index contributed by atoms with van der Waals surface area (Å²) in [4.78, 5) is 0. The number of nitrogens with zero attached hydrogens (tertiary/aromatic N) is 1. The fourth-order valence-corrected chi connectivity index (χ4v) is 1.49. The average molecular weight is 205 g/mol. The summed E-state index contributed by atoms with van der Waals surface area (Å²) in [5.41, 5.74) is 0.920. The molecule has 15 heavy (non-hydrogen) atoms. The first-order valence-electron chi connectivity index (χ1n) is 4.88. The van der Waals surface area contributed by atoms with Gasteiger partial charge < -0.3 is 9.47 Å². The Morgan fingerprint density at radius 2 is 2.07 bits per heavy atom. The molecular weight excluding hydrogens is 190 g/mol. The highest BCUT2D eigenvalue weighted by Gasteiger charge is 2.14. The van der Waals surface area contributed by atoms with Crippen LogP contribution in [0.2, 0.25) is 0 Å². The summed E-state index contributed by atoms with van der Waals surface area (Å²) < 4.78 is 10.3. The summed E-state index contributed by atoms with van der Waals surface area (Å²) in [5, 5.41) is 8.99. The maximum Gasteiger partial charge on any atom is 0.127 e. The van der Waals surface area contributed by atoms with Crippen molar-refractivity contribution in [1.29, 1.82) is 5.26 Å². The van der Waals surface area contributed by atoms with Gasteiger partial charge in [-0.3, -0.25) is 0 Å². The molecule has 0 bridgehead atoms. The van der Waals surface area contributed by atoms with Gasteiger partial charge in [0.15, 0.2) is 0 Å². The molecule has 1 aromatic rings. The highest BCUT2D eigenvalue weighted by atomic mass is 16.5. The summed E-state index contributed by atoms with van der Waals surface area (Å²) in [7, 11) is 3.21. The molecule has 0 aromatic heterocycles. The standard InChI is InChI=1S/C12H15NO2/c1-4-9(8-13)11-6-5-10(14-2)7-12(11)15-3/h5-7,9H,4H2,1-3H3. The summed E-state index contributed by atoms with van der Waals surface area (Å²) in [6.07, 6.45) is 0.777. The molecule has 3 heteroatoms. The number of nitriles is 1. The van der Waals surface area contributed by atoms with Crippen LogP contribution in [0, 0.1) is 11.3 Å². The number of hydrogen-bond acceptors (Lipinski definition) is 3. The van der Waals surface area contributed by atoms with E-state index < -0.39 is 0 Å². The summed E-state index contributed by atoms with van der Waals surface area (Å²) >= 11 is 0. The Hall–Kier alpha value is -1.69. The fourth-order valence-electron chi connectivity index (χ4n) is 1.49. The van der Waals surface area contributed by atoms with E-state index in [1.54, 1.807) is 20.3 Å². The molecule has 80 valence electrons. The summed E-state index contributed by atoms with van der Waals surface area (Å²) in [6.45, 7) is 1.98. The maximum absolute atomic E-state index is 8.99. The van der Waals surface area contributed by atoms with Gasteiger partial charge in [-0.15, -0.1) is 0 Å². The van der Waals surface area contributed by atoms with E-state index in [0.717, 1.165) is 17.7 Å². The molecule has 0 saturated carbocycles. The summed E-state index contributed by atoms with van der Waals surface area (Å²) in [6, 6.07) is 7.79. The normalized spacial score (nSPS) is 11.6. The Labute approximate surface area is 90.2 Å². The third-order valence-electron chi connectivity index (χ3n) is 2.38. The monoisotopic (exact) mass is 205 g/mol. The molecule has 0 aliphatic rings. The topological polar surface area (TPSA) is 42.2 Å². The molecule has 0 aliphatic heterocycles. The Balaban J connectivity index is 3.13. The minimum atomic E-state index is -0.120. The van der Waals surface area contributed by atoms with Crippen LogP contribution in [0.25, 0.3) is 0 Å². The Morgan fingerprint density at radius 3 is 2.53 bits per heavy atom. The lowest BCUT2D eigenvalue weighted by atomic mass is 9.97. The third-order valence-corrected chi connectivity index (χ3v) is 2.38. The zero-order chi connectivity index (χ0) is 11.3. The first-order valence-corrected chi connectivity index (χ1v) is 4.88. The lowest BCUT2D eigenvalue weighted by molar-refractivity contribution is 0.390. The minimum absolute atomic E-state index is 0.120. The summed E-state index contributed by atoms with van der Waals surface area (Å²) in [5.74, 6) is 1.33. The highest BCUT2D eigenvalue weighted by molar-refractivity contribution is 5.44. The van der Waals surface area contributed by atoms with Crippen molar-refractivity contribution < 1.29 is 9.47 Å². The molecule has 1 atom stereocenters. The zero-order valence-electron chi connectivity index (χ0n) is 9.28. The fraction of sp³-hybridized carbons (Fsp3) is 0.417. The molecule has 1 unspecified atom stereocenters. The minimum Gasteiger partial charge on any atom is -0.497 e. The van der Waals surface area contributed by atoms with E-state index >= 15 is 0 Å². The zero-order valence-corrected chi connectivity index (χ0v) is 9.28. The van der Waals surface area contributed by atoms with Crippen LogP contribution in [-0.4, -0.2) is 14.2 Å². The van der Waals surface area contributed by atoms with E-state index in [-0.39, 0.29) is 5.92 Å². The molecule has 0 aliphatic carbocycles. The van der Waals surface area contributed by atoms with Crippen molar-refractivity contribution in [2.24, 2.45) is 0 Å². The van der Waals surface area contributed by atoms with E-state index in [9.17, 15) is 0 Å². The van der Waals surface area contributed by atoms with Gasteiger partial charge in [-0.25, -0.2) is 0 Å². The second-order valence-corrected chi connectivity index (χ2v) is 3.20. The molecule has 3 nitrogen and oxygen atoms in total. The van der Waals surface area contributed by atoms with Gasteiger partial charge in [0.25, 0.3) is 0 Å². The van der Waals surface area contributed by atoms with Crippen LogP contribution >= 0.6 is 0 Å². The van der Waals surface area contributed by atoms with Crippen LogP contribution in [0.4, 0.5) is 0 Å². The van der Waals surface area contributed by atoms with Gasteiger partial charge >= 0.3 is 0 Å². The lowest BCUT2D eigenvalue weighted by Crippen LogP contribution is -1.98. The van der Waals surface area contributed by atoms with Crippen molar-refractivity contribution >= 4 is 0 Å². The number of rotatable bonds is 4. The molecule has 0 radical (unpaired) electrons. The molecule has 0 saturated heterocycles. The van der Waals surface area contributed by atoms with E-state index in [1.165, 1.54) is 0 Å². The SMILES string of the molecule is CCC(C#N)c1ccc(OC)cc1OC. The van der Waals surface area contributed by atoms with Crippen LogP contribution in [-0.2, 0) is 0 Å². The molecule has 0 heterocycles. The second-order valence-electron chi connectivity index (χ2n) is 3.20. The second kappa shape index (κ2) is 5.26. The van der Waals surface area contributed by atoms with Crippen molar-refractivity contribution in [3.05, 3.63) is 23.8 Å². The maximum atomic E-state index is 8.99. The van der Waals surface area contributed by atoms with Crippen LogP contribution < -0.4 is 9.47 Å². The molecule has 0 N–H and O–H groups in total. The molecule has 1 rings (SSSR count). The molecule has 0 amide bonds. The molecular formula is C12H15NO2. The van der Waals surface area contributed by atoms with E-state index in [0.29, 0.717) is 5.75 Å². The van der Waals surface area contributed by atoms with E-state index in [2.05, 4.69) is 6.07 Å². The van der Waals surface area contributed by atoms with E-state index in [1.807, 2.05) is 19.1 Å². The van der Waals surface area contributed by atoms with Crippen LogP contribution in [0.5, 0.6) is 11.5 Å². The van der Waals surface area contributed by atoms with Gasteiger partial charge in [-0.05, 0) is 12.5 Å². The van der Waals surface area contributed by atoms with Gasteiger partial charge in [0.2, 0.25) is 0 Å². The molecule has 1 aromatic carbocycles. The lowest BCUT2D eigenvalue weighted by Gasteiger charge is -2.13. The molecule has 0 fully saturated rings. The van der Waals surface area contributed by atoms with Gasteiger partial charge in [0.1, 0.15) is 11.5 Å². The third kappa shape index (κ3) is 2.41. The number of benzene rings is 1. The van der Waals surface area contributed by atoms with Crippen molar-refractivity contribution in [3.8, 4) is 17.6 Å². The quantitative estimate of drug-likeness (QED) is 0.759. The number of ether oxygens (including phenoxy) is 2. The van der Waals surface area contributed by atoms with Crippen molar-refractivity contribution in [3.63, 3.8) is 0 Å². The Bertz CT molecular complexity index is 368. The van der Waals surface area contributed by atoms with Crippen LogP contribution in [0.15, 0.2) is 18.2 Å². The first-order chi connectivity index (χ1) is 7.26. The van der Waals surface area contributed by atoms with Gasteiger partial charge in [0, 0.05) is 11.6 Å². The van der Waals surface area contributed by atoms with Crippen molar-refractivity contribution in [1.82, 2.24) is 0 Å². The highest BCUT2D eigenvalue weighted by Crippen LogP contribution is 2.31. The van der Waals surface area contributed by atoms with Crippen LogP contribution in [0.3, 0.4) is 0 Å². The largest absolute Gasteiger partial charge is 0.497 e. The van der Waals surface area contributed by atoms with Gasteiger partial charge in [0.05, 0.1) is 26.2 Å². The Morgan fingerprint density at radius 1 is 1.33 bits per heavy atom. The molecule has 0 spiro atoms. The van der Waals surface area contributed by atoms with E-state index in [4.69, 9.17) is 14.7 Å². The predicted octanol–water partition coefficient (Wildman–Crippen LogP) is 2.72. The first kappa shape index (κ1) is 11.4. The average Bonchev–Trinajstić information content (AvgIpc) is 2.31. The predicted molar refractivity (Wildman–Crippen MR) is 58.2 cm³/mol. The Kier molecular flexibility index (Phi) is 3.99. The van der Waals surface area contributed by atoms with Crippen molar-refractivity contribution in [2.75, 3.05) is 14.2 Å². The van der Waals surface area contributed by atoms with Crippen molar-refractivity contribution in [2.45, 2.75) is 19.3 Å². The smallest absolute Gasteiger partial charge is 0.127 e. The van der Waals surface area contributed by atoms with Crippen LogP contribution in [0.1, 0.15) is 24.8 Å². The van der Waals surface area contributed by atoms with Gasteiger partial charge in [-0.1, -0.05) is 13.0 Å².